The zero-order chi connectivity index (χ0) is 21.7. The van der Waals surface area contributed by atoms with Crippen molar-refractivity contribution in [1.82, 2.24) is 9.21 Å². The van der Waals surface area contributed by atoms with Gasteiger partial charge in [-0.2, -0.15) is 4.31 Å². The third kappa shape index (κ3) is 5.33. The van der Waals surface area contributed by atoms with Crippen molar-refractivity contribution in [3.63, 3.8) is 0 Å². The molecule has 0 aliphatic carbocycles. The van der Waals surface area contributed by atoms with Crippen LogP contribution in [0.3, 0.4) is 0 Å². The maximum atomic E-state index is 13.4. The molecule has 1 heterocycles. The predicted molar refractivity (Wildman–Crippen MR) is 117 cm³/mol. The molecule has 1 aliphatic heterocycles. The predicted octanol–water partition coefficient (Wildman–Crippen LogP) is 3.80. The molecule has 0 bridgehead atoms. The highest BCUT2D eigenvalue weighted by Crippen LogP contribution is 2.29. The number of carbonyl (C=O) groups excluding carboxylic acids is 1. The average Bonchev–Trinajstić information content (AvgIpc) is 2.74. The normalized spacial score (nSPS) is 15.4. The van der Waals surface area contributed by atoms with Crippen molar-refractivity contribution >= 4 is 27.5 Å². The van der Waals surface area contributed by atoms with Gasteiger partial charge < -0.3 is 9.64 Å². The third-order valence-corrected chi connectivity index (χ3v) is 7.49. The van der Waals surface area contributed by atoms with E-state index in [9.17, 15) is 13.2 Å². The van der Waals surface area contributed by atoms with Crippen LogP contribution >= 0.6 is 11.6 Å². The van der Waals surface area contributed by atoms with Crippen LogP contribution in [-0.2, 0) is 21.4 Å². The van der Waals surface area contributed by atoms with Gasteiger partial charge in [-0.25, -0.2) is 8.42 Å². The summed E-state index contributed by atoms with van der Waals surface area (Å²) in [6.07, 6.45) is 1.87. The average molecular weight is 451 g/mol. The number of carbonyl (C=O) groups is 1. The standard InChI is InChI=1S/C22H27ClN2O4S/c1-17-10-12-24(13-11-17)22(26)16-25(15-18-6-4-3-5-7-18)30(27,28)19-8-9-21(29-2)20(23)14-19/h3-9,14,17H,10-13,15-16H2,1-2H3. The first-order valence-corrected chi connectivity index (χ1v) is 11.8. The minimum atomic E-state index is -3.95. The minimum absolute atomic E-state index is 0.0318. The molecule has 0 radical (unpaired) electrons. The van der Waals surface area contributed by atoms with Crippen LogP contribution in [0.4, 0.5) is 0 Å². The van der Waals surface area contributed by atoms with E-state index in [0.717, 1.165) is 18.4 Å². The van der Waals surface area contributed by atoms with E-state index in [4.69, 9.17) is 16.3 Å². The van der Waals surface area contributed by atoms with Crippen molar-refractivity contribution in [2.24, 2.45) is 5.92 Å². The Morgan fingerprint density at radius 2 is 1.83 bits per heavy atom. The number of halogens is 1. The minimum Gasteiger partial charge on any atom is -0.495 e. The van der Waals surface area contributed by atoms with Crippen molar-refractivity contribution in [3.8, 4) is 5.75 Å². The van der Waals surface area contributed by atoms with Gasteiger partial charge in [0.25, 0.3) is 0 Å². The lowest BCUT2D eigenvalue weighted by Gasteiger charge is -2.32. The first-order chi connectivity index (χ1) is 14.3. The van der Waals surface area contributed by atoms with Crippen LogP contribution in [0.15, 0.2) is 53.4 Å². The fourth-order valence-corrected chi connectivity index (χ4v) is 5.21. The van der Waals surface area contributed by atoms with Crippen LogP contribution in [0.1, 0.15) is 25.3 Å². The summed E-state index contributed by atoms with van der Waals surface area (Å²) in [5.41, 5.74) is 0.806. The Morgan fingerprint density at radius 3 is 2.43 bits per heavy atom. The molecule has 30 heavy (non-hydrogen) atoms. The molecule has 0 saturated carbocycles. The summed E-state index contributed by atoms with van der Waals surface area (Å²) in [6.45, 7) is 3.38. The number of nitrogens with zero attached hydrogens (tertiary/aromatic N) is 2. The molecule has 1 saturated heterocycles. The molecule has 1 aliphatic rings. The summed E-state index contributed by atoms with van der Waals surface area (Å²) < 4.78 is 33.2. The van der Waals surface area contributed by atoms with Gasteiger partial charge in [0.05, 0.1) is 23.6 Å². The van der Waals surface area contributed by atoms with E-state index in [1.807, 2.05) is 30.3 Å². The molecule has 8 heteroatoms. The van der Waals surface area contributed by atoms with Crippen molar-refractivity contribution < 1.29 is 17.9 Å². The Balaban J connectivity index is 1.88. The van der Waals surface area contributed by atoms with Gasteiger partial charge in [-0.15, -0.1) is 0 Å². The topological polar surface area (TPSA) is 66.9 Å². The molecule has 1 fully saturated rings. The first kappa shape index (κ1) is 22.6. The van der Waals surface area contributed by atoms with Gasteiger partial charge in [-0.1, -0.05) is 48.9 Å². The lowest BCUT2D eigenvalue weighted by Crippen LogP contribution is -2.45. The fraction of sp³-hybridized carbons (Fsp3) is 0.409. The second kappa shape index (κ2) is 9.81. The number of methoxy groups -OCH3 is 1. The van der Waals surface area contributed by atoms with Gasteiger partial charge in [-0.05, 0) is 42.5 Å². The van der Waals surface area contributed by atoms with E-state index in [-0.39, 0.29) is 28.9 Å². The maximum absolute atomic E-state index is 13.4. The molecule has 2 aromatic rings. The maximum Gasteiger partial charge on any atom is 0.243 e. The van der Waals surface area contributed by atoms with Crippen molar-refractivity contribution in [2.75, 3.05) is 26.7 Å². The number of hydrogen-bond donors (Lipinski definition) is 0. The van der Waals surface area contributed by atoms with Gasteiger partial charge in [-0.3, -0.25) is 4.79 Å². The smallest absolute Gasteiger partial charge is 0.243 e. The number of benzene rings is 2. The zero-order valence-electron chi connectivity index (χ0n) is 17.3. The van der Waals surface area contributed by atoms with Crippen LogP contribution in [0.25, 0.3) is 0 Å². The molecule has 0 N–H and O–H groups in total. The summed E-state index contributed by atoms with van der Waals surface area (Å²) in [6, 6.07) is 13.6. The second-order valence-electron chi connectivity index (χ2n) is 7.62. The fourth-order valence-electron chi connectivity index (χ4n) is 3.48. The number of hydrogen-bond acceptors (Lipinski definition) is 4. The molecule has 0 aromatic heterocycles. The van der Waals surface area contributed by atoms with E-state index >= 15 is 0 Å². The summed E-state index contributed by atoms with van der Waals surface area (Å²) >= 11 is 6.16. The summed E-state index contributed by atoms with van der Waals surface area (Å²) in [7, 11) is -2.48. The number of sulfonamides is 1. The van der Waals surface area contributed by atoms with Crippen LogP contribution in [-0.4, -0.2) is 50.3 Å². The Labute approximate surface area is 183 Å². The third-order valence-electron chi connectivity index (χ3n) is 5.41. The van der Waals surface area contributed by atoms with E-state index in [1.54, 1.807) is 4.90 Å². The molecule has 6 nitrogen and oxygen atoms in total. The first-order valence-electron chi connectivity index (χ1n) is 9.96. The largest absolute Gasteiger partial charge is 0.495 e. The highest BCUT2D eigenvalue weighted by Gasteiger charge is 2.30. The van der Waals surface area contributed by atoms with Gasteiger partial charge in [0.15, 0.2) is 0 Å². The van der Waals surface area contributed by atoms with Gasteiger partial charge in [0.2, 0.25) is 15.9 Å². The Morgan fingerprint density at radius 1 is 1.17 bits per heavy atom. The SMILES string of the molecule is COc1ccc(S(=O)(=O)N(CC(=O)N2CCC(C)CC2)Cc2ccccc2)cc1Cl. The zero-order valence-corrected chi connectivity index (χ0v) is 18.8. The number of rotatable bonds is 7. The lowest BCUT2D eigenvalue weighted by atomic mass is 9.99. The number of ether oxygens (including phenoxy) is 1. The Hall–Kier alpha value is -2.09. The molecule has 2 aromatic carbocycles. The molecular weight excluding hydrogens is 424 g/mol. The number of piperidine rings is 1. The summed E-state index contributed by atoms with van der Waals surface area (Å²) in [5.74, 6) is 0.796. The molecule has 3 rings (SSSR count). The Kier molecular flexibility index (Phi) is 7.39. The number of amides is 1. The van der Waals surface area contributed by atoms with Gasteiger partial charge in [0.1, 0.15) is 5.75 Å². The molecule has 0 atom stereocenters. The quantitative estimate of drug-likeness (QED) is 0.643. The monoisotopic (exact) mass is 450 g/mol. The summed E-state index contributed by atoms with van der Waals surface area (Å²) in [4.78, 5) is 14.7. The molecular formula is C22H27ClN2O4S. The number of likely N-dealkylation sites (tertiary alicyclic amines) is 1. The van der Waals surface area contributed by atoms with E-state index in [2.05, 4.69) is 6.92 Å². The van der Waals surface area contributed by atoms with E-state index in [0.29, 0.717) is 24.8 Å². The molecule has 0 spiro atoms. The van der Waals surface area contributed by atoms with Crippen LogP contribution < -0.4 is 4.74 Å². The van der Waals surface area contributed by atoms with E-state index < -0.39 is 10.0 Å². The van der Waals surface area contributed by atoms with Crippen molar-refractivity contribution in [2.45, 2.75) is 31.2 Å². The second-order valence-corrected chi connectivity index (χ2v) is 9.96. The van der Waals surface area contributed by atoms with Crippen molar-refractivity contribution in [1.29, 1.82) is 0 Å². The van der Waals surface area contributed by atoms with Crippen LogP contribution in [0.2, 0.25) is 5.02 Å². The van der Waals surface area contributed by atoms with Gasteiger partial charge >= 0.3 is 0 Å². The highest BCUT2D eigenvalue weighted by atomic mass is 35.5. The molecule has 1 amide bonds. The lowest BCUT2D eigenvalue weighted by molar-refractivity contribution is -0.132. The Bertz CT molecular complexity index is 974. The molecule has 0 unspecified atom stereocenters. The highest BCUT2D eigenvalue weighted by molar-refractivity contribution is 7.89. The summed E-state index contributed by atoms with van der Waals surface area (Å²) in [5, 5.41) is 0.203. The van der Waals surface area contributed by atoms with E-state index in [1.165, 1.54) is 29.6 Å². The van der Waals surface area contributed by atoms with Crippen LogP contribution in [0.5, 0.6) is 5.75 Å². The molecule has 162 valence electrons. The van der Waals surface area contributed by atoms with Crippen LogP contribution in [0, 0.1) is 5.92 Å². The van der Waals surface area contributed by atoms with Crippen molar-refractivity contribution in [3.05, 3.63) is 59.1 Å². The van der Waals surface area contributed by atoms with Gasteiger partial charge in [0, 0.05) is 19.6 Å².